The van der Waals surface area contributed by atoms with E-state index in [1.807, 2.05) is 36.4 Å². The molecule has 0 fully saturated rings. The highest BCUT2D eigenvalue weighted by Gasteiger charge is 2.23. The van der Waals surface area contributed by atoms with Crippen LogP contribution in [0.1, 0.15) is 0 Å². The van der Waals surface area contributed by atoms with Gasteiger partial charge in [0.25, 0.3) is 0 Å². The van der Waals surface area contributed by atoms with Gasteiger partial charge in [-0.3, -0.25) is 4.57 Å². The molecule has 6 nitrogen and oxygen atoms in total. The predicted molar refractivity (Wildman–Crippen MR) is 234 cm³/mol. The summed E-state index contributed by atoms with van der Waals surface area (Å²) in [6.45, 7) is 0. The van der Waals surface area contributed by atoms with E-state index >= 15 is 0 Å². The molecule has 0 spiro atoms. The van der Waals surface area contributed by atoms with Crippen molar-refractivity contribution in [1.82, 2.24) is 28.7 Å². The summed E-state index contributed by atoms with van der Waals surface area (Å²) in [7, 11) is 0. The van der Waals surface area contributed by atoms with Crippen LogP contribution < -0.4 is 0 Å². The van der Waals surface area contributed by atoms with Crippen LogP contribution in [0.15, 0.2) is 194 Å². The van der Waals surface area contributed by atoms with Crippen molar-refractivity contribution in [3.8, 4) is 40.1 Å². The van der Waals surface area contributed by atoms with E-state index in [-0.39, 0.29) is 0 Å². The van der Waals surface area contributed by atoms with Crippen molar-refractivity contribution in [2.75, 3.05) is 0 Å². The van der Waals surface area contributed by atoms with E-state index in [1.165, 1.54) is 32.6 Å². The molecule has 0 saturated carbocycles. The molecule has 0 atom stereocenters. The van der Waals surface area contributed by atoms with E-state index in [0.717, 1.165) is 55.3 Å². The summed E-state index contributed by atoms with van der Waals surface area (Å²) in [5, 5.41) is 7.11. The SMILES string of the molecule is c1ccc(-c2nc(-c3ccccc3)nc(-n3c4ccccc4c4c3ccc3c5ccccc5n(-c5ccc6c(c5)c5ccccc5n6-c5ccccc5)c34)n2)cc1. The molecule has 0 aliphatic heterocycles. The summed E-state index contributed by atoms with van der Waals surface area (Å²) >= 11 is 0. The number of nitrogens with zero attached hydrogens (tertiary/aromatic N) is 6. The zero-order valence-electron chi connectivity index (χ0n) is 30.7. The van der Waals surface area contributed by atoms with Crippen molar-refractivity contribution in [3.05, 3.63) is 194 Å². The van der Waals surface area contributed by atoms with E-state index in [0.29, 0.717) is 17.6 Å². The lowest BCUT2D eigenvalue weighted by Crippen LogP contribution is -2.06. The zero-order valence-corrected chi connectivity index (χ0v) is 30.7. The minimum absolute atomic E-state index is 0.575. The van der Waals surface area contributed by atoms with Crippen LogP contribution in [0.3, 0.4) is 0 Å². The second kappa shape index (κ2) is 12.3. The van der Waals surface area contributed by atoms with Crippen molar-refractivity contribution in [3.63, 3.8) is 0 Å². The van der Waals surface area contributed by atoms with Gasteiger partial charge in [0.2, 0.25) is 5.95 Å². The standard InChI is InChI=1S/C51H32N6/c1-4-16-33(17-5-1)49-52-50(34-18-6-2-7-19-34)54-51(53-49)57-44-27-15-12-24-40(44)47-46(57)31-29-39-37-22-10-14-26-43(37)56(48(39)47)36-28-30-45-41(32-36)38-23-11-13-25-42(38)55(45)35-20-8-3-9-21-35/h1-32H. The van der Waals surface area contributed by atoms with E-state index < -0.39 is 0 Å². The van der Waals surface area contributed by atoms with Gasteiger partial charge in [-0.15, -0.1) is 0 Å². The molecule has 12 aromatic rings. The molecule has 57 heavy (non-hydrogen) atoms. The second-order valence-electron chi connectivity index (χ2n) is 14.5. The molecule has 0 bridgehead atoms. The molecule has 0 radical (unpaired) electrons. The van der Waals surface area contributed by atoms with Crippen LogP contribution in [0.4, 0.5) is 0 Å². The molecule has 266 valence electrons. The number of fused-ring (bicyclic) bond motifs is 10. The molecule has 0 N–H and O–H groups in total. The van der Waals surface area contributed by atoms with E-state index in [2.05, 4.69) is 171 Å². The van der Waals surface area contributed by atoms with Crippen LogP contribution in [0, 0.1) is 0 Å². The molecule has 4 heterocycles. The minimum atomic E-state index is 0.575. The summed E-state index contributed by atoms with van der Waals surface area (Å²) in [6.07, 6.45) is 0. The summed E-state index contributed by atoms with van der Waals surface area (Å²) in [5.74, 6) is 1.83. The lowest BCUT2D eigenvalue weighted by Gasteiger charge is -2.12. The van der Waals surface area contributed by atoms with Gasteiger partial charge >= 0.3 is 0 Å². The maximum absolute atomic E-state index is 5.20. The molecule has 0 aliphatic rings. The third kappa shape index (κ3) is 4.74. The lowest BCUT2D eigenvalue weighted by molar-refractivity contribution is 0.953. The quantitative estimate of drug-likeness (QED) is 0.177. The Kier molecular flexibility index (Phi) is 6.83. The molecule has 0 saturated heterocycles. The van der Waals surface area contributed by atoms with Crippen LogP contribution in [0.25, 0.3) is 106 Å². The Morgan fingerprint density at radius 3 is 1.44 bits per heavy atom. The largest absolute Gasteiger partial charge is 0.309 e. The van der Waals surface area contributed by atoms with Gasteiger partial charge in [0.1, 0.15) is 0 Å². The molecule has 0 amide bonds. The average molecular weight is 729 g/mol. The number of hydrogen-bond acceptors (Lipinski definition) is 3. The first-order valence-electron chi connectivity index (χ1n) is 19.2. The second-order valence-corrected chi connectivity index (χ2v) is 14.5. The summed E-state index contributed by atoms with van der Waals surface area (Å²) in [5.41, 5.74) is 10.8. The molecular weight excluding hydrogens is 697 g/mol. The number of benzene rings is 8. The number of hydrogen-bond donors (Lipinski definition) is 0. The van der Waals surface area contributed by atoms with Crippen LogP contribution in [0.2, 0.25) is 0 Å². The first-order valence-corrected chi connectivity index (χ1v) is 19.2. The highest BCUT2D eigenvalue weighted by molar-refractivity contribution is 6.26. The Morgan fingerprint density at radius 2 is 0.789 bits per heavy atom. The Balaban J connectivity index is 1.18. The monoisotopic (exact) mass is 728 g/mol. The van der Waals surface area contributed by atoms with Crippen molar-refractivity contribution in [1.29, 1.82) is 0 Å². The smallest absolute Gasteiger partial charge is 0.238 e. The van der Waals surface area contributed by atoms with Crippen LogP contribution in [-0.2, 0) is 0 Å². The van der Waals surface area contributed by atoms with Crippen LogP contribution in [-0.4, -0.2) is 28.7 Å². The van der Waals surface area contributed by atoms with E-state index in [4.69, 9.17) is 15.0 Å². The fourth-order valence-electron chi connectivity index (χ4n) is 8.84. The number of para-hydroxylation sites is 4. The summed E-state index contributed by atoms with van der Waals surface area (Å²) < 4.78 is 7.04. The summed E-state index contributed by atoms with van der Waals surface area (Å²) in [4.78, 5) is 15.4. The van der Waals surface area contributed by atoms with Gasteiger partial charge in [-0.1, -0.05) is 140 Å². The topological polar surface area (TPSA) is 53.5 Å². The highest BCUT2D eigenvalue weighted by Crippen LogP contribution is 2.43. The fourth-order valence-corrected chi connectivity index (χ4v) is 8.84. The predicted octanol–water partition coefficient (Wildman–Crippen LogP) is 12.5. The van der Waals surface area contributed by atoms with Gasteiger partial charge in [-0.2, -0.15) is 9.97 Å². The van der Waals surface area contributed by atoms with Crippen LogP contribution in [0.5, 0.6) is 0 Å². The van der Waals surface area contributed by atoms with Crippen molar-refractivity contribution < 1.29 is 0 Å². The third-order valence-corrected chi connectivity index (χ3v) is 11.3. The number of rotatable bonds is 5. The van der Waals surface area contributed by atoms with Crippen LogP contribution >= 0.6 is 0 Å². The maximum Gasteiger partial charge on any atom is 0.238 e. The van der Waals surface area contributed by atoms with E-state index in [1.54, 1.807) is 0 Å². The third-order valence-electron chi connectivity index (χ3n) is 11.3. The van der Waals surface area contributed by atoms with Gasteiger partial charge in [0.15, 0.2) is 11.6 Å². The van der Waals surface area contributed by atoms with E-state index in [9.17, 15) is 0 Å². The van der Waals surface area contributed by atoms with Gasteiger partial charge in [-0.25, -0.2) is 4.98 Å². The van der Waals surface area contributed by atoms with Gasteiger partial charge in [0.05, 0.1) is 33.1 Å². The molecule has 4 aromatic heterocycles. The summed E-state index contributed by atoms with van der Waals surface area (Å²) in [6, 6.07) is 68.5. The van der Waals surface area contributed by atoms with Crippen molar-refractivity contribution in [2.24, 2.45) is 0 Å². The fraction of sp³-hybridized carbons (Fsp3) is 0. The zero-order chi connectivity index (χ0) is 37.5. The maximum atomic E-state index is 5.20. The Bertz CT molecular complexity index is 3450. The van der Waals surface area contributed by atoms with Crippen molar-refractivity contribution >= 4 is 65.4 Å². The Morgan fingerprint density at radius 1 is 0.298 bits per heavy atom. The Labute approximate surface area is 327 Å². The minimum Gasteiger partial charge on any atom is -0.309 e. The van der Waals surface area contributed by atoms with Gasteiger partial charge < -0.3 is 9.13 Å². The molecule has 6 heteroatoms. The molecule has 0 unspecified atom stereocenters. The Hall–Kier alpha value is -7.83. The lowest BCUT2D eigenvalue weighted by atomic mass is 10.1. The number of aromatic nitrogens is 6. The van der Waals surface area contributed by atoms with Gasteiger partial charge in [0, 0.05) is 54.8 Å². The average Bonchev–Trinajstić information content (AvgIpc) is 3.92. The first kappa shape index (κ1) is 31.5. The molecular formula is C51H32N6. The first-order chi connectivity index (χ1) is 28.3. The van der Waals surface area contributed by atoms with Gasteiger partial charge in [-0.05, 0) is 54.6 Å². The molecule has 12 rings (SSSR count). The van der Waals surface area contributed by atoms with Crippen molar-refractivity contribution in [2.45, 2.75) is 0 Å². The highest BCUT2D eigenvalue weighted by atomic mass is 15.2. The normalized spacial score (nSPS) is 11.9. The molecule has 0 aliphatic carbocycles. The molecule has 8 aromatic carbocycles.